The SMILES string of the molecule is COCc1c(C(=O)Nc2cccc(OCc3cccnc3)c2)sc2cccc(F)c12. The van der Waals surface area contributed by atoms with Crippen LogP contribution >= 0.6 is 11.3 Å². The average molecular weight is 422 g/mol. The Morgan fingerprint density at radius 3 is 2.80 bits per heavy atom. The van der Waals surface area contributed by atoms with Crippen molar-refractivity contribution in [2.45, 2.75) is 13.2 Å². The van der Waals surface area contributed by atoms with Crippen molar-refractivity contribution >= 4 is 33.0 Å². The van der Waals surface area contributed by atoms with E-state index in [1.54, 1.807) is 42.7 Å². The topological polar surface area (TPSA) is 60.5 Å². The number of thiophene rings is 1. The van der Waals surface area contributed by atoms with E-state index in [0.717, 1.165) is 5.56 Å². The highest BCUT2D eigenvalue weighted by molar-refractivity contribution is 7.21. The Balaban J connectivity index is 1.54. The fraction of sp³-hybridized carbons (Fsp3) is 0.130. The molecule has 7 heteroatoms. The number of halogens is 1. The molecule has 0 saturated heterocycles. The molecule has 0 bridgehead atoms. The maximum atomic E-state index is 14.3. The molecule has 0 saturated carbocycles. The van der Waals surface area contributed by atoms with E-state index in [2.05, 4.69) is 10.3 Å². The van der Waals surface area contributed by atoms with Crippen LogP contribution in [0.2, 0.25) is 0 Å². The van der Waals surface area contributed by atoms with Gasteiger partial charge in [0.2, 0.25) is 0 Å². The van der Waals surface area contributed by atoms with Crippen LogP contribution in [0.1, 0.15) is 20.8 Å². The predicted octanol–water partition coefficient (Wildman–Crippen LogP) is 5.41. The number of nitrogens with zero attached hydrogens (tertiary/aromatic N) is 1. The lowest BCUT2D eigenvalue weighted by Gasteiger charge is -2.10. The third kappa shape index (κ3) is 4.32. The van der Waals surface area contributed by atoms with Gasteiger partial charge in [0.15, 0.2) is 0 Å². The van der Waals surface area contributed by atoms with Gasteiger partial charge in [-0.3, -0.25) is 9.78 Å². The van der Waals surface area contributed by atoms with Gasteiger partial charge in [-0.15, -0.1) is 11.3 Å². The highest BCUT2D eigenvalue weighted by Gasteiger charge is 2.21. The number of rotatable bonds is 7. The maximum Gasteiger partial charge on any atom is 0.266 e. The Bertz CT molecular complexity index is 1180. The summed E-state index contributed by atoms with van der Waals surface area (Å²) in [7, 11) is 1.52. The van der Waals surface area contributed by atoms with Gasteiger partial charge < -0.3 is 14.8 Å². The van der Waals surface area contributed by atoms with Crippen LogP contribution in [-0.4, -0.2) is 18.0 Å². The van der Waals surface area contributed by atoms with Gasteiger partial charge in [-0.2, -0.15) is 0 Å². The number of carbonyl (C=O) groups excluding carboxylic acids is 1. The fourth-order valence-corrected chi connectivity index (χ4v) is 4.25. The second kappa shape index (κ2) is 9.02. The van der Waals surface area contributed by atoms with E-state index in [9.17, 15) is 9.18 Å². The van der Waals surface area contributed by atoms with Crippen LogP contribution in [-0.2, 0) is 18.0 Å². The normalized spacial score (nSPS) is 10.9. The van der Waals surface area contributed by atoms with Crippen LogP contribution in [0.25, 0.3) is 10.1 Å². The zero-order chi connectivity index (χ0) is 20.9. The molecule has 4 rings (SSSR count). The van der Waals surface area contributed by atoms with E-state index in [1.165, 1.54) is 24.5 Å². The monoisotopic (exact) mass is 422 g/mol. The zero-order valence-electron chi connectivity index (χ0n) is 16.2. The van der Waals surface area contributed by atoms with E-state index in [-0.39, 0.29) is 18.3 Å². The summed E-state index contributed by atoms with van der Waals surface area (Å²) in [6.07, 6.45) is 3.45. The van der Waals surface area contributed by atoms with Gasteiger partial charge in [0.05, 0.1) is 11.5 Å². The van der Waals surface area contributed by atoms with Crippen molar-refractivity contribution in [1.29, 1.82) is 0 Å². The number of ether oxygens (including phenoxy) is 2. The molecule has 0 aliphatic heterocycles. The van der Waals surface area contributed by atoms with Crippen molar-refractivity contribution in [1.82, 2.24) is 4.98 Å². The Labute approximate surface area is 177 Å². The molecule has 0 aliphatic rings. The van der Waals surface area contributed by atoms with Crippen molar-refractivity contribution in [2.24, 2.45) is 0 Å². The summed E-state index contributed by atoms with van der Waals surface area (Å²) in [6.45, 7) is 0.525. The van der Waals surface area contributed by atoms with Crippen LogP contribution in [0.3, 0.4) is 0 Å². The molecule has 30 heavy (non-hydrogen) atoms. The number of benzene rings is 2. The second-order valence-corrected chi connectivity index (χ2v) is 7.64. The Kier molecular flexibility index (Phi) is 6.02. The minimum atomic E-state index is -0.361. The first kappa shape index (κ1) is 20.0. The molecule has 1 N–H and O–H groups in total. The van der Waals surface area contributed by atoms with Crippen molar-refractivity contribution < 1.29 is 18.7 Å². The van der Waals surface area contributed by atoms with Gasteiger partial charge in [-0.25, -0.2) is 4.39 Å². The van der Waals surface area contributed by atoms with Gasteiger partial charge in [-0.1, -0.05) is 18.2 Å². The lowest BCUT2D eigenvalue weighted by molar-refractivity contribution is 0.102. The van der Waals surface area contributed by atoms with Crippen LogP contribution in [0.4, 0.5) is 10.1 Å². The van der Waals surface area contributed by atoms with Crippen molar-refractivity contribution in [3.8, 4) is 5.75 Å². The number of aromatic nitrogens is 1. The molecule has 0 radical (unpaired) electrons. The number of pyridine rings is 1. The molecule has 0 fully saturated rings. The molecule has 0 spiro atoms. The third-order valence-electron chi connectivity index (χ3n) is 4.48. The highest BCUT2D eigenvalue weighted by Crippen LogP contribution is 2.34. The average Bonchev–Trinajstić information content (AvgIpc) is 3.14. The minimum absolute atomic E-state index is 0.151. The zero-order valence-corrected chi connectivity index (χ0v) is 17.0. The first-order chi connectivity index (χ1) is 14.7. The summed E-state index contributed by atoms with van der Waals surface area (Å²) in [5, 5.41) is 3.31. The molecule has 0 unspecified atom stereocenters. The summed E-state index contributed by atoms with van der Waals surface area (Å²) < 4.78 is 26.1. The fourth-order valence-electron chi connectivity index (χ4n) is 3.13. The summed E-state index contributed by atoms with van der Waals surface area (Å²) in [6, 6.07) is 15.7. The van der Waals surface area contributed by atoms with Crippen molar-refractivity contribution in [2.75, 3.05) is 12.4 Å². The standard InChI is InChI=1S/C23H19FN2O3S/c1-28-14-18-21-19(24)8-3-9-20(21)30-22(18)23(27)26-16-6-2-7-17(11-16)29-13-15-5-4-10-25-12-15/h2-12H,13-14H2,1H3,(H,26,27). The van der Waals surface area contributed by atoms with E-state index in [4.69, 9.17) is 9.47 Å². The van der Waals surface area contributed by atoms with Gasteiger partial charge in [0.1, 0.15) is 18.2 Å². The quantitative estimate of drug-likeness (QED) is 0.432. The Morgan fingerprint density at radius 2 is 2.00 bits per heavy atom. The maximum absolute atomic E-state index is 14.3. The number of hydrogen-bond acceptors (Lipinski definition) is 5. The smallest absolute Gasteiger partial charge is 0.266 e. The first-order valence-electron chi connectivity index (χ1n) is 9.27. The van der Waals surface area contributed by atoms with E-state index < -0.39 is 0 Å². The largest absolute Gasteiger partial charge is 0.489 e. The minimum Gasteiger partial charge on any atom is -0.489 e. The predicted molar refractivity (Wildman–Crippen MR) is 115 cm³/mol. The van der Waals surface area contributed by atoms with Crippen molar-refractivity contribution in [3.05, 3.63) is 88.8 Å². The molecule has 4 aromatic rings. The van der Waals surface area contributed by atoms with Gasteiger partial charge >= 0.3 is 0 Å². The molecule has 2 aromatic heterocycles. The lowest BCUT2D eigenvalue weighted by Crippen LogP contribution is -2.12. The Hall–Kier alpha value is -3.29. The number of anilines is 1. The van der Waals surface area contributed by atoms with Gasteiger partial charge in [-0.05, 0) is 30.3 Å². The molecular formula is C23H19FN2O3S. The molecule has 1 amide bonds. The van der Waals surface area contributed by atoms with Crippen LogP contribution in [0.5, 0.6) is 5.75 Å². The van der Waals surface area contributed by atoms with Gasteiger partial charge in [0, 0.05) is 52.5 Å². The first-order valence-corrected chi connectivity index (χ1v) is 10.1. The third-order valence-corrected chi connectivity index (χ3v) is 5.67. The van der Waals surface area contributed by atoms with Crippen LogP contribution < -0.4 is 10.1 Å². The lowest BCUT2D eigenvalue weighted by atomic mass is 10.1. The molecular weight excluding hydrogens is 403 g/mol. The van der Waals surface area contributed by atoms with E-state index in [1.807, 2.05) is 18.2 Å². The number of nitrogens with one attached hydrogen (secondary N) is 1. The summed E-state index contributed by atoms with van der Waals surface area (Å²) in [5.41, 5.74) is 2.09. The van der Waals surface area contributed by atoms with Gasteiger partial charge in [0.25, 0.3) is 5.91 Å². The molecule has 5 nitrogen and oxygen atoms in total. The van der Waals surface area contributed by atoms with Crippen LogP contribution in [0, 0.1) is 5.82 Å². The molecule has 2 aromatic carbocycles. The van der Waals surface area contributed by atoms with Crippen LogP contribution in [0.15, 0.2) is 67.0 Å². The molecule has 0 aliphatic carbocycles. The highest BCUT2D eigenvalue weighted by atomic mass is 32.1. The van der Waals surface area contributed by atoms with Crippen molar-refractivity contribution in [3.63, 3.8) is 0 Å². The number of amides is 1. The number of carbonyl (C=O) groups is 1. The molecule has 0 atom stereocenters. The Morgan fingerprint density at radius 1 is 1.13 bits per heavy atom. The second-order valence-electron chi connectivity index (χ2n) is 6.59. The molecule has 2 heterocycles. The summed E-state index contributed by atoms with van der Waals surface area (Å²) >= 11 is 1.25. The molecule has 152 valence electrons. The van der Waals surface area contributed by atoms with E-state index in [0.29, 0.717) is 38.6 Å². The van der Waals surface area contributed by atoms with E-state index >= 15 is 0 Å². The summed E-state index contributed by atoms with van der Waals surface area (Å²) in [4.78, 5) is 17.4. The summed E-state index contributed by atoms with van der Waals surface area (Å²) in [5.74, 6) is -0.0520. The number of hydrogen-bond donors (Lipinski definition) is 1. The number of fused-ring (bicyclic) bond motifs is 1. The number of methoxy groups -OCH3 is 1.